The summed E-state index contributed by atoms with van der Waals surface area (Å²) >= 11 is 0. The molecule has 0 bridgehead atoms. The van der Waals surface area contributed by atoms with E-state index in [0.29, 0.717) is 0 Å². The number of hydrogen-bond acceptors (Lipinski definition) is 2. The summed E-state index contributed by atoms with van der Waals surface area (Å²) < 4.78 is 0. The molecule has 0 aliphatic carbocycles. The van der Waals surface area contributed by atoms with Crippen LogP contribution in [0.15, 0.2) is 24.3 Å². The van der Waals surface area contributed by atoms with E-state index < -0.39 is 0 Å². The minimum Gasteiger partial charge on any atom is -0.372 e. The second kappa shape index (κ2) is 8.13. The third kappa shape index (κ3) is 5.22. The highest BCUT2D eigenvalue weighted by Gasteiger charge is 2.02. The average Bonchev–Trinajstić information content (AvgIpc) is 2.35. The summed E-state index contributed by atoms with van der Waals surface area (Å²) in [5.41, 5.74) is 2.68. The maximum Gasteiger partial charge on any atom is 0.0366 e. The van der Waals surface area contributed by atoms with Crippen LogP contribution >= 0.6 is 0 Å². The van der Waals surface area contributed by atoms with E-state index in [9.17, 15) is 0 Å². The number of nitrogens with zero attached hydrogens (tertiary/aromatic N) is 1. The lowest BCUT2D eigenvalue weighted by molar-refractivity contribution is 0.630. The second-order valence-corrected chi connectivity index (χ2v) is 4.48. The zero-order chi connectivity index (χ0) is 12.5. The van der Waals surface area contributed by atoms with Crippen molar-refractivity contribution < 1.29 is 0 Å². The zero-order valence-corrected chi connectivity index (χ0v) is 11.5. The Morgan fingerprint density at radius 2 is 1.76 bits per heavy atom. The first kappa shape index (κ1) is 14.0. The van der Waals surface area contributed by atoms with Crippen LogP contribution in [0.5, 0.6) is 0 Å². The number of unbranched alkanes of at least 4 members (excludes halogenated alkanes) is 1. The summed E-state index contributed by atoms with van der Waals surface area (Å²) in [5, 5.41) is 3.37. The first-order chi connectivity index (χ1) is 8.27. The lowest BCUT2D eigenvalue weighted by Gasteiger charge is -2.23. The highest BCUT2D eigenvalue weighted by molar-refractivity contribution is 5.47. The average molecular weight is 234 g/mol. The standard InChI is InChI=1S/C15H26N2/c1-4-16-12-6-7-13-17(5-2)15-10-8-14(3)9-11-15/h8-11,16H,4-7,12-13H2,1-3H3. The van der Waals surface area contributed by atoms with Gasteiger partial charge < -0.3 is 10.2 Å². The van der Waals surface area contributed by atoms with Gasteiger partial charge in [-0.05, 0) is 51.9 Å². The van der Waals surface area contributed by atoms with Crippen LogP contribution in [0.4, 0.5) is 5.69 Å². The number of anilines is 1. The number of hydrogen-bond donors (Lipinski definition) is 1. The molecule has 0 atom stereocenters. The van der Waals surface area contributed by atoms with Gasteiger partial charge in [-0.25, -0.2) is 0 Å². The quantitative estimate of drug-likeness (QED) is 0.695. The molecule has 0 heterocycles. The van der Waals surface area contributed by atoms with Gasteiger partial charge in [0, 0.05) is 18.8 Å². The number of rotatable bonds is 8. The highest BCUT2D eigenvalue weighted by atomic mass is 15.1. The predicted octanol–water partition coefficient (Wildman–Crippen LogP) is 3.21. The van der Waals surface area contributed by atoms with Gasteiger partial charge in [0.2, 0.25) is 0 Å². The van der Waals surface area contributed by atoms with Gasteiger partial charge in [-0.1, -0.05) is 24.6 Å². The molecule has 0 aromatic heterocycles. The maximum absolute atomic E-state index is 3.37. The second-order valence-electron chi connectivity index (χ2n) is 4.48. The first-order valence-electron chi connectivity index (χ1n) is 6.80. The van der Waals surface area contributed by atoms with E-state index in [4.69, 9.17) is 0 Å². The van der Waals surface area contributed by atoms with Crippen molar-refractivity contribution in [3.05, 3.63) is 29.8 Å². The summed E-state index contributed by atoms with van der Waals surface area (Å²) in [6.07, 6.45) is 2.52. The van der Waals surface area contributed by atoms with Gasteiger partial charge in [0.1, 0.15) is 0 Å². The molecule has 0 fully saturated rings. The Kier molecular flexibility index (Phi) is 6.71. The third-order valence-corrected chi connectivity index (χ3v) is 3.06. The van der Waals surface area contributed by atoms with E-state index in [-0.39, 0.29) is 0 Å². The van der Waals surface area contributed by atoms with Crippen molar-refractivity contribution in [1.82, 2.24) is 5.32 Å². The predicted molar refractivity (Wildman–Crippen MR) is 76.8 cm³/mol. The fourth-order valence-electron chi connectivity index (χ4n) is 1.95. The minimum absolute atomic E-state index is 1.08. The monoisotopic (exact) mass is 234 g/mol. The highest BCUT2D eigenvalue weighted by Crippen LogP contribution is 2.15. The molecule has 17 heavy (non-hydrogen) atoms. The molecule has 0 saturated heterocycles. The van der Waals surface area contributed by atoms with Crippen LogP contribution in [0.2, 0.25) is 0 Å². The molecule has 0 aliphatic heterocycles. The van der Waals surface area contributed by atoms with Crippen molar-refractivity contribution >= 4 is 5.69 Å². The Bertz CT molecular complexity index is 292. The SMILES string of the molecule is CCNCCCCN(CC)c1ccc(C)cc1. The Morgan fingerprint density at radius 1 is 1.06 bits per heavy atom. The van der Waals surface area contributed by atoms with Crippen LogP contribution in [0.1, 0.15) is 32.3 Å². The molecular formula is C15H26N2. The molecule has 1 rings (SSSR count). The maximum atomic E-state index is 3.37. The van der Waals surface area contributed by atoms with Crippen LogP contribution < -0.4 is 10.2 Å². The normalized spacial score (nSPS) is 10.5. The van der Waals surface area contributed by atoms with Gasteiger partial charge in [-0.3, -0.25) is 0 Å². The van der Waals surface area contributed by atoms with Crippen LogP contribution in [0.3, 0.4) is 0 Å². The molecule has 0 amide bonds. The van der Waals surface area contributed by atoms with Crippen LogP contribution in [-0.4, -0.2) is 26.2 Å². The summed E-state index contributed by atoms with van der Waals surface area (Å²) in [7, 11) is 0. The van der Waals surface area contributed by atoms with Gasteiger partial charge in [0.25, 0.3) is 0 Å². The van der Waals surface area contributed by atoms with E-state index in [1.54, 1.807) is 0 Å². The Labute approximate surface area is 106 Å². The molecule has 2 nitrogen and oxygen atoms in total. The summed E-state index contributed by atoms with van der Waals surface area (Å²) in [6.45, 7) is 11.0. The number of nitrogens with one attached hydrogen (secondary N) is 1. The smallest absolute Gasteiger partial charge is 0.0366 e. The molecule has 0 radical (unpaired) electrons. The fraction of sp³-hybridized carbons (Fsp3) is 0.600. The summed E-state index contributed by atoms with van der Waals surface area (Å²) in [6, 6.07) is 8.83. The van der Waals surface area contributed by atoms with Gasteiger partial charge in [0.05, 0.1) is 0 Å². The van der Waals surface area contributed by atoms with E-state index in [0.717, 1.165) is 26.2 Å². The summed E-state index contributed by atoms with van der Waals surface area (Å²) in [4.78, 5) is 2.45. The van der Waals surface area contributed by atoms with Gasteiger partial charge in [-0.15, -0.1) is 0 Å². The van der Waals surface area contributed by atoms with Crippen molar-refractivity contribution in [3.63, 3.8) is 0 Å². The zero-order valence-electron chi connectivity index (χ0n) is 11.5. The lowest BCUT2D eigenvalue weighted by atomic mass is 10.2. The minimum atomic E-state index is 1.08. The van der Waals surface area contributed by atoms with Crippen molar-refractivity contribution in [2.75, 3.05) is 31.1 Å². The van der Waals surface area contributed by atoms with Crippen molar-refractivity contribution in [2.24, 2.45) is 0 Å². The van der Waals surface area contributed by atoms with Crippen LogP contribution in [-0.2, 0) is 0 Å². The largest absolute Gasteiger partial charge is 0.372 e. The van der Waals surface area contributed by atoms with Crippen LogP contribution in [0, 0.1) is 6.92 Å². The molecule has 1 N–H and O–H groups in total. The molecular weight excluding hydrogens is 208 g/mol. The molecule has 0 aliphatic rings. The Balaban J connectivity index is 2.35. The molecule has 0 saturated carbocycles. The van der Waals surface area contributed by atoms with Crippen LogP contribution in [0.25, 0.3) is 0 Å². The van der Waals surface area contributed by atoms with Crippen molar-refractivity contribution in [1.29, 1.82) is 0 Å². The lowest BCUT2D eigenvalue weighted by Crippen LogP contribution is -2.25. The van der Waals surface area contributed by atoms with E-state index in [2.05, 4.69) is 55.3 Å². The van der Waals surface area contributed by atoms with Crippen molar-refractivity contribution in [2.45, 2.75) is 33.6 Å². The molecule has 0 unspecified atom stereocenters. The number of aryl methyl sites for hydroxylation is 1. The molecule has 2 heteroatoms. The molecule has 1 aromatic rings. The van der Waals surface area contributed by atoms with Gasteiger partial charge in [0.15, 0.2) is 0 Å². The fourth-order valence-corrected chi connectivity index (χ4v) is 1.95. The van der Waals surface area contributed by atoms with E-state index in [1.165, 1.54) is 24.1 Å². The topological polar surface area (TPSA) is 15.3 Å². The van der Waals surface area contributed by atoms with E-state index in [1.807, 2.05) is 0 Å². The Morgan fingerprint density at radius 3 is 2.35 bits per heavy atom. The third-order valence-electron chi connectivity index (χ3n) is 3.06. The van der Waals surface area contributed by atoms with E-state index >= 15 is 0 Å². The summed E-state index contributed by atoms with van der Waals surface area (Å²) in [5.74, 6) is 0. The van der Waals surface area contributed by atoms with Gasteiger partial charge >= 0.3 is 0 Å². The van der Waals surface area contributed by atoms with Gasteiger partial charge in [-0.2, -0.15) is 0 Å². The van der Waals surface area contributed by atoms with Crippen molar-refractivity contribution in [3.8, 4) is 0 Å². The number of benzene rings is 1. The first-order valence-corrected chi connectivity index (χ1v) is 6.80. The molecule has 0 spiro atoms. The molecule has 1 aromatic carbocycles. The molecule has 96 valence electrons. The Hall–Kier alpha value is -1.02.